The van der Waals surface area contributed by atoms with Crippen LogP contribution in [0.25, 0.3) is 0 Å². The molecule has 0 atom stereocenters. The van der Waals surface area contributed by atoms with Crippen LogP contribution in [0.1, 0.15) is 26.7 Å². The van der Waals surface area contributed by atoms with E-state index in [4.69, 9.17) is 9.05 Å². The van der Waals surface area contributed by atoms with Gasteiger partial charge in [0.2, 0.25) is 0 Å². The van der Waals surface area contributed by atoms with Crippen LogP contribution in [0.4, 0.5) is 0 Å². The van der Waals surface area contributed by atoms with Crippen molar-refractivity contribution in [3.05, 3.63) is 0 Å². The Hall–Kier alpha value is 0.190. The highest BCUT2D eigenvalue weighted by Gasteiger charge is 2.16. The number of thioether (sulfide) groups is 2. The van der Waals surface area contributed by atoms with Gasteiger partial charge in [-0.2, -0.15) is 0 Å². The van der Waals surface area contributed by atoms with Crippen LogP contribution in [0.5, 0.6) is 0 Å². The first-order chi connectivity index (χ1) is 8.91. The quantitative estimate of drug-likeness (QED) is 0.450. The van der Waals surface area contributed by atoms with E-state index in [0.717, 1.165) is 23.5 Å². The summed E-state index contributed by atoms with van der Waals surface area (Å²) < 4.78 is 22.1. The summed E-state index contributed by atoms with van der Waals surface area (Å²) in [4.78, 5) is 22.0. The van der Waals surface area contributed by atoms with Crippen LogP contribution >= 0.6 is 31.1 Å². The van der Waals surface area contributed by atoms with E-state index in [0.29, 0.717) is 24.3 Å². The second-order valence-electron chi connectivity index (χ2n) is 3.59. The van der Waals surface area contributed by atoms with Crippen molar-refractivity contribution in [1.29, 1.82) is 0 Å². The van der Waals surface area contributed by atoms with E-state index >= 15 is 0 Å². The topological polar surface area (TPSA) is 69.7 Å². The van der Waals surface area contributed by atoms with Gasteiger partial charge in [-0.25, -0.2) is 0 Å². The van der Waals surface area contributed by atoms with E-state index in [1.807, 2.05) is 0 Å². The number of rotatable bonds is 10. The van der Waals surface area contributed by atoms with Crippen LogP contribution < -0.4 is 0 Å². The molecule has 5 nitrogen and oxygen atoms in total. The van der Waals surface area contributed by atoms with Gasteiger partial charge in [-0.15, -0.1) is 0 Å². The number of carbonyl (C=O) groups is 2. The maximum absolute atomic E-state index is 11.8. The standard InChI is InChI=1S/C11H21O5PS2/c1-4-10(12)18-8-6-15-17(3,14)16-7-9-19-11(13)5-2/h4-9H2,1-3H3. The maximum atomic E-state index is 11.8. The van der Waals surface area contributed by atoms with Gasteiger partial charge in [0.15, 0.2) is 10.2 Å². The molecule has 0 saturated carbocycles. The molecule has 0 rings (SSSR count). The van der Waals surface area contributed by atoms with E-state index in [2.05, 4.69) is 0 Å². The van der Waals surface area contributed by atoms with Crippen LogP contribution in [-0.2, 0) is 23.2 Å². The van der Waals surface area contributed by atoms with Gasteiger partial charge in [-0.3, -0.25) is 14.2 Å². The second-order valence-corrected chi connectivity index (χ2v) is 7.95. The monoisotopic (exact) mass is 328 g/mol. The van der Waals surface area contributed by atoms with Crippen LogP contribution in [0, 0.1) is 0 Å². The molecule has 0 saturated heterocycles. The summed E-state index contributed by atoms with van der Waals surface area (Å²) in [5.74, 6) is 0.938. The summed E-state index contributed by atoms with van der Waals surface area (Å²) in [5, 5.41) is 0.176. The first kappa shape index (κ1) is 19.2. The lowest BCUT2D eigenvalue weighted by molar-refractivity contribution is -0.111. The van der Waals surface area contributed by atoms with Gasteiger partial charge in [-0.1, -0.05) is 37.4 Å². The Labute approximate surface area is 123 Å². The van der Waals surface area contributed by atoms with Crippen molar-refractivity contribution in [2.45, 2.75) is 26.7 Å². The molecule has 0 aliphatic carbocycles. The third-order valence-electron chi connectivity index (χ3n) is 1.92. The highest BCUT2D eigenvalue weighted by molar-refractivity contribution is 8.13. The average molecular weight is 328 g/mol. The minimum absolute atomic E-state index is 0.0879. The zero-order valence-electron chi connectivity index (χ0n) is 11.5. The molecule has 8 heteroatoms. The van der Waals surface area contributed by atoms with Crippen LogP contribution in [-0.4, -0.2) is 41.6 Å². The fraction of sp³-hybridized carbons (Fsp3) is 0.818. The molecule has 0 aromatic heterocycles. The van der Waals surface area contributed by atoms with Crippen molar-refractivity contribution in [3.8, 4) is 0 Å². The molecule has 0 heterocycles. The number of hydrogen-bond acceptors (Lipinski definition) is 7. The molecule has 112 valence electrons. The summed E-state index contributed by atoms with van der Waals surface area (Å²) >= 11 is 2.33. The Kier molecular flexibility index (Phi) is 11.0. The molecule has 0 amide bonds. The first-order valence-corrected chi connectivity index (χ1v) is 10.0. The summed E-state index contributed by atoms with van der Waals surface area (Å²) in [6, 6.07) is 0. The molecule has 0 fully saturated rings. The summed E-state index contributed by atoms with van der Waals surface area (Å²) in [7, 11) is -3.08. The molecule has 0 bridgehead atoms. The lowest BCUT2D eigenvalue weighted by atomic mass is 10.6. The second kappa shape index (κ2) is 10.9. The molecule has 0 spiro atoms. The van der Waals surface area contributed by atoms with E-state index in [1.54, 1.807) is 13.8 Å². The van der Waals surface area contributed by atoms with Crippen molar-refractivity contribution in [1.82, 2.24) is 0 Å². The predicted octanol–water partition coefficient (Wildman–Crippen LogP) is 3.18. The first-order valence-electron chi connectivity index (χ1n) is 6.09. The minimum atomic E-state index is -3.08. The third-order valence-corrected chi connectivity index (χ3v) is 5.19. The zero-order valence-corrected chi connectivity index (χ0v) is 14.1. The highest BCUT2D eigenvalue weighted by Crippen LogP contribution is 2.43. The zero-order chi connectivity index (χ0) is 14.7. The van der Waals surface area contributed by atoms with Crippen molar-refractivity contribution in [2.24, 2.45) is 0 Å². The largest absolute Gasteiger partial charge is 0.327 e. The van der Waals surface area contributed by atoms with Gasteiger partial charge < -0.3 is 9.05 Å². The normalized spacial score (nSPS) is 11.5. The Morgan fingerprint density at radius 2 is 1.32 bits per heavy atom. The van der Waals surface area contributed by atoms with Crippen molar-refractivity contribution < 1.29 is 23.2 Å². The average Bonchev–Trinajstić information content (AvgIpc) is 2.39. The van der Waals surface area contributed by atoms with Crippen molar-refractivity contribution >= 4 is 41.4 Å². The smallest absolute Gasteiger partial charge is 0.308 e. The molecular formula is C11H21O5PS2. The van der Waals surface area contributed by atoms with Crippen molar-refractivity contribution in [2.75, 3.05) is 31.4 Å². The van der Waals surface area contributed by atoms with E-state index in [9.17, 15) is 14.2 Å². The van der Waals surface area contributed by atoms with Gasteiger partial charge in [0, 0.05) is 31.0 Å². The van der Waals surface area contributed by atoms with Crippen molar-refractivity contribution in [3.63, 3.8) is 0 Å². The Bertz CT molecular complexity index is 307. The predicted molar refractivity (Wildman–Crippen MR) is 80.9 cm³/mol. The Balaban J connectivity index is 3.66. The fourth-order valence-corrected chi connectivity index (χ4v) is 3.32. The van der Waals surface area contributed by atoms with Crippen LogP contribution in [0.15, 0.2) is 0 Å². The molecule has 0 aliphatic heterocycles. The molecule has 0 N–H and O–H groups in total. The van der Waals surface area contributed by atoms with Gasteiger partial charge in [-0.05, 0) is 0 Å². The van der Waals surface area contributed by atoms with E-state index < -0.39 is 7.60 Å². The third kappa shape index (κ3) is 11.7. The molecule has 19 heavy (non-hydrogen) atoms. The van der Waals surface area contributed by atoms with Gasteiger partial charge in [0.05, 0.1) is 13.2 Å². The summed E-state index contributed by atoms with van der Waals surface area (Å²) in [6.07, 6.45) is 0.960. The lowest BCUT2D eigenvalue weighted by Gasteiger charge is -2.13. The van der Waals surface area contributed by atoms with Crippen LogP contribution in [0.3, 0.4) is 0 Å². The minimum Gasteiger partial charge on any atom is -0.308 e. The van der Waals surface area contributed by atoms with E-state index in [-0.39, 0.29) is 23.4 Å². The molecular weight excluding hydrogens is 307 g/mol. The van der Waals surface area contributed by atoms with Crippen LogP contribution in [0.2, 0.25) is 0 Å². The Morgan fingerprint density at radius 3 is 1.63 bits per heavy atom. The molecule has 0 radical (unpaired) electrons. The number of hydrogen-bond donors (Lipinski definition) is 0. The molecule has 0 unspecified atom stereocenters. The number of carbonyl (C=O) groups excluding carboxylic acids is 2. The molecule has 0 aromatic carbocycles. The van der Waals surface area contributed by atoms with Gasteiger partial charge in [0.25, 0.3) is 0 Å². The van der Waals surface area contributed by atoms with E-state index in [1.165, 1.54) is 6.66 Å². The summed E-state index contributed by atoms with van der Waals surface area (Å²) in [6.45, 7) is 5.40. The fourth-order valence-electron chi connectivity index (χ4n) is 0.959. The SMILES string of the molecule is CCC(=O)SCCOP(C)(=O)OCCSC(=O)CC. The highest BCUT2D eigenvalue weighted by atomic mass is 32.2. The Morgan fingerprint density at radius 1 is 0.947 bits per heavy atom. The molecule has 0 aliphatic rings. The summed E-state index contributed by atoms with van der Waals surface area (Å²) in [5.41, 5.74) is 0. The van der Waals surface area contributed by atoms with Gasteiger partial charge in [0.1, 0.15) is 0 Å². The lowest BCUT2D eigenvalue weighted by Crippen LogP contribution is -2.03. The van der Waals surface area contributed by atoms with Gasteiger partial charge >= 0.3 is 7.60 Å². The maximum Gasteiger partial charge on any atom is 0.327 e. The molecule has 0 aromatic rings.